The number of aryl methyl sites for hydroxylation is 1. The lowest BCUT2D eigenvalue weighted by atomic mass is 9.60. The highest BCUT2D eigenvalue weighted by Crippen LogP contribution is 2.49. The fourth-order valence-corrected chi connectivity index (χ4v) is 5.32. The maximum Gasteiger partial charge on any atom is 0.225 e. The third-order valence-corrected chi connectivity index (χ3v) is 7.67. The maximum absolute atomic E-state index is 4.91. The number of fused-ring (bicyclic) bond motifs is 1. The van der Waals surface area contributed by atoms with E-state index in [1.54, 1.807) is 0 Å². The molecule has 1 aromatic heterocycles. The van der Waals surface area contributed by atoms with E-state index in [2.05, 4.69) is 76.4 Å². The summed E-state index contributed by atoms with van der Waals surface area (Å²) in [6.45, 7) is 6.25. The molecule has 31 heavy (non-hydrogen) atoms. The van der Waals surface area contributed by atoms with Crippen molar-refractivity contribution in [3.63, 3.8) is 0 Å². The van der Waals surface area contributed by atoms with Gasteiger partial charge >= 0.3 is 0 Å². The van der Waals surface area contributed by atoms with Gasteiger partial charge in [-0.05, 0) is 61.4 Å². The minimum Gasteiger partial charge on any atom is -0.365 e. The predicted molar refractivity (Wildman–Crippen MR) is 126 cm³/mol. The zero-order chi connectivity index (χ0) is 20.8. The fourth-order valence-electron chi connectivity index (χ4n) is 5.32. The van der Waals surface area contributed by atoms with Gasteiger partial charge in [0.2, 0.25) is 5.95 Å². The molecule has 0 radical (unpaired) electrons. The Hall–Kier alpha value is -2.88. The zero-order valence-electron chi connectivity index (χ0n) is 18.3. The SMILES string of the molecule is Cc1ccc(C2(c3ccc(N4CCc5cnc(N6CCC6)nc5C4)cc3)CCC2)cc1. The fraction of sp³-hybridized carbons (Fsp3) is 0.407. The highest BCUT2D eigenvalue weighted by molar-refractivity contribution is 5.53. The van der Waals surface area contributed by atoms with Crippen molar-refractivity contribution in [3.05, 3.63) is 82.7 Å². The van der Waals surface area contributed by atoms with Crippen LogP contribution in [0.1, 0.15) is 53.6 Å². The van der Waals surface area contributed by atoms with Crippen molar-refractivity contribution in [2.75, 3.05) is 29.4 Å². The van der Waals surface area contributed by atoms with Crippen LogP contribution in [0.2, 0.25) is 0 Å². The number of benzene rings is 2. The quantitative estimate of drug-likeness (QED) is 0.604. The molecule has 4 heteroatoms. The van der Waals surface area contributed by atoms with Crippen LogP contribution in [0.3, 0.4) is 0 Å². The molecule has 4 nitrogen and oxygen atoms in total. The van der Waals surface area contributed by atoms with E-state index in [0.717, 1.165) is 38.5 Å². The van der Waals surface area contributed by atoms with Gasteiger partial charge in [0, 0.05) is 36.9 Å². The van der Waals surface area contributed by atoms with Gasteiger partial charge in [-0.2, -0.15) is 0 Å². The molecule has 3 aromatic rings. The molecule has 2 aliphatic heterocycles. The lowest BCUT2D eigenvalue weighted by Crippen LogP contribution is -2.39. The van der Waals surface area contributed by atoms with Gasteiger partial charge in [-0.15, -0.1) is 0 Å². The third kappa shape index (κ3) is 3.20. The van der Waals surface area contributed by atoms with Crippen molar-refractivity contribution < 1.29 is 0 Å². The summed E-state index contributed by atoms with van der Waals surface area (Å²) in [4.78, 5) is 14.3. The lowest BCUT2D eigenvalue weighted by molar-refractivity contribution is 0.301. The molecule has 2 fully saturated rings. The number of aromatic nitrogens is 2. The molecule has 0 spiro atoms. The molecule has 1 saturated carbocycles. The molecule has 158 valence electrons. The Kier molecular flexibility index (Phi) is 4.48. The molecule has 0 amide bonds. The Morgan fingerprint density at radius 2 is 1.52 bits per heavy atom. The number of rotatable bonds is 4. The van der Waals surface area contributed by atoms with Crippen molar-refractivity contribution in [1.82, 2.24) is 9.97 Å². The smallest absolute Gasteiger partial charge is 0.225 e. The number of nitrogens with zero attached hydrogens (tertiary/aromatic N) is 4. The van der Waals surface area contributed by atoms with Crippen LogP contribution in [-0.2, 0) is 18.4 Å². The summed E-state index contributed by atoms with van der Waals surface area (Å²) >= 11 is 0. The molecule has 2 aromatic carbocycles. The normalized spacial score (nSPS) is 19.4. The highest BCUT2D eigenvalue weighted by atomic mass is 15.3. The third-order valence-electron chi connectivity index (χ3n) is 7.67. The van der Waals surface area contributed by atoms with E-state index in [9.17, 15) is 0 Å². The second-order valence-electron chi connectivity index (χ2n) is 9.50. The van der Waals surface area contributed by atoms with Crippen LogP contribution < -0.4 is 9.80 Å². The number of hydrogen-bond donors (Lipinski definition) is 0. The molecule has 0 N–H and O–H groups in total. The standard InChI is InChI=1S/C27H30N4/c1-20-4-6-22(7-5-20)27(13-2-14-27)23-8-10-24(11-9-23)31-17-12-21-18-28-26(29-25(21)19-31)30-15-3-16-30/h4-11,18H,2-3,12-17,19H2,1H3. The molecule has 1 saturated heterocycles. The average molecular weight is 411 g/mol. The van der Waals surface area contributed by atoms with Crippen molar-refractivity contribution in [2.24, 2.45) is 0 Å². The molecular formula is C27H30N4. The van der Waals surface area contributed by atoms with Crippen LogP contribution >= 0.6 is 0 Å². The first-order valence-electron chi connectivity index (χ1n) is 11.7. The van der Waals surface area contributed by atoms with Crippen LogP contribution in [0.5, 0.6) is 0 Å². The molecular weight excluding hydrogens is 380 g/mol. The number of hydrogen-bond acceptors (Lipinski definition) is 4. The van der Waals surface area contributed by atoms with Crippen LogP contribution in [0.15, 0.2) is 54.7 Å². The van der Waals surface area contributed by atoms with Gasteiger partial charge in [-0.25, -0.2) is 9.97 Å². The molecule has 3 aliphatic rings. The Balaban J connectivity index is 1.24. The van der Waals surface area contributed by atoms with Crippen molar-refractivity contribution in [2.45, 2.75) is 51.0 Å². The molecule has 0 bridgehead atoms. The summed E-state index contributed by atoms with van der Waals surface area (Å²) in [5, 5.41) is 0. The van der Waals surface area contributed by atoms with Gasteiger partial charge < -0.3 is 9.80 Å². The van der Waals surface area contributed by atoms with E-state index in [4.69, 9.17) is 4.98 Å². The minimum absolute atomic E-state index is 0.208. The van der Waals surface area contributed by atoms with E-state index < -0.39 is 0 Å². The van der Waals surface area contributed by atoms with Crippen LogP contribution in [0.4, 0.5) is 11.6 Å². The van der Waals surface area contributed by atoms with Gasteiger partial charge in [-0.1, -0.05) is 48.4 Å². The Morgan fingerprint density at radius 3 is 2.13 bits per heavy atom. The molecule has 6 rings (SSSR count). The first-order valence-corrected chi connectivity index (χ1v) is 11.7. The van der Waals surface area contributed by atoms with Crippen LogP contribution in [-0.4, -0.2) is 29.6 Å². The molecule has 3 heterocycles. The summed E-state index contributed by atoms with van der Waals surface area (Å²) in [7, 11) is 0. The van der Waals surface area contributed by atoms with Crippen molar-refractivity contribution >= 4 is 11.6 Å². The van der Waals surface area contributed by atoms with E-state index >= 15 is 0 Å². The molecule has 1 aliphatic carbocycles. The van der Waals surface area contributed by atoms with Crippen LogP contribution in [0.25, 0.3) is 0 Å². The summed E-state index contributed by atoms with van der Waals surface area (Å²) in [5.74, 6) is 0.909. The minimum atomic E-state index is 0.208. The largest absolute Gasteiger partial charge is 0.365 e. The second-order valence-corrected chi connectivity index (χ2v) is 9.50. The summed E-state index contributed by atoms with van der Waals surface area (Å²) in [6, 6.07) is 18.6. The second kappa shape index (κ2) is 7.37. The van der Waals surface area contributed by atoms with Crippen LogP contribution in [0, 0.1) is 6.92 Å². The monoisotopic (exact) mass is 410 g/mol. The summed E-state index contributed by atoms with van der Waals surface area (Å²) in [5.41, 5.74) is 8.29. The van der Waals surface area contributed by atoms with Gasteiger partial charge in [0.15, 0.2) is 0 Å². The Labute approximate surface area is 185 Å². The van der Waals surface area contributed by atoms with Gasteiger partial charge in [0.25, 0.3) is 0 Å². The van der Waals surface area contributed by atoms with E-state index in [-0.39, 0.29) is 5.41 Å². The van der Waals surface area contributed by atoms with E-state index in [0.29, 0.717) is 0 Å². The Bertz CT molecular complexity index is 1080. The van der Waals surface area contributed by atoms with Crippen molar-refractivity contribution in [1.29, 1.82) is 0 Å². The lowest BCUT2D eigenvalue weighted by Gasteiger charge is -2.43. The molecule has 0 atom stereocenters. The first-order chi connectivity index (χ1) is 15.2. The van der Waals surface area contributed by atoms with Gasteiger partial charge in [0.05, 0.1) is 12.2 Å². The average Bonchev–Trinajstić information content (AvgIpc) is 2.73. The van der Waals surface area contributed by atoms with E-state index in [1.165, 1.54) is 59.3 Å². The zero-order valence-corrected chi connectivity index (χ0v) is 18.3. The summed E-state index contributed by atoms with van der Waals surface area (Å²) < 4.78 is 0. The van der Waals surface area contributed by atoms with Gasteiger partial charge in [0.1, 0.15) is 0 Å². The Morgan fingerprint density at radius 1 is 0.806 bits per heavy atom. The van der Waals surface area contributed by atoms with Gasteiger partial charge in [-0.3, -0.25) is 0 Å². The van der Waals surface area contributed by atoms with E-state index in [1.807, 2.05) is 0 Å². The highest BCUT2D eigenvalue weighted by Gasteiger charge is 2.40. The predicted octanol–water partition coefficient (Wildman–Crippen LogP) is 5.03. The maximum atomic E-state index is 4.91. The van der Waals surface area contributed by atoms with Crippen molar-refractivity contribution in [3.8, 4) is 0 Å². The first kappa shape index (κ1) is 18.9. The molecule has 0 unspecified atom stereocenters. The number of anilines is 2. The summed E-state index contributed by atoms with van der Waals surface area (Å²) in [6.07, 6.45) is 8.15. The topological polar surface area (TPSA) is 32.3 Å².